The predicted molar refractivity (Wildman–Crippen MR) is 127 cm³/mol. The number of carbonyl (C=O) groups is 5. The third kappa shape index (κ3) is 7.97. The van der Waals surface area contributed by atoms with Crippen LogP contribution in [0.25, 0.3) is 0 Å². The average Bonchev–Trinajstić information content (AvgIpc) is 3.18. The number of para-hydroxylation sites is 1. The van der Waals surface area contributed by atoms with Crippen molar-refractivity contribution in [2.45, 2.75) is 12.5 Å². The minimum Gasteiger partial charge on any atom is -0.481 e. The number of benzene rings is 2. The average molecular weight is 587 g/mol. The molecular formula is C25H22F5N3O8. The molecule has 3 N–H and O–H groups in total. The largest absolute Gasteiger partial charge is 0.481 e. The van der Waals surface area contributed by atoms with Crippen LogP contribution in [0.3, 0.4) is 0 Å². The maximum atomic E-state index is 13.8. The van der Waals surface area contributed by atoms with Crippen LogP contribution in [0, 0.1) is 35.0 Å². The highest BCUT2D eigenvalue weighted by molar-refractivity contribution is 6.39. The highest BCUT2D eigenvalue weighted by Crippen LogP contribution is 2.26. The van der Waals surface area contributed by atoms with Gasteiger partial charge in [0.15, 0.2) is 23.2 Å². The number of rotatable bonds is 9. The van der Waals surface area contributed by atoms with Gasteiger partial charge in [-0.15, -0.1) is 0 Å². The number of halogens is 5. The number of amides is 3. The van der Waals surface area contributed by atoms with E-state index in [1.54, 1.807) is 0 Å². The molecule has 1 heterocycles. The second-order valence-electron chi connectivity index (χ2n) is 8.67. The highest BCUT2D eigenvalue weighted by Gasteiger charge is 2.33. The van der Waals surface area contributed by atoms with Gasteiger partial charge in [0.1, 0.15) is 18.5 Å². The van der Waals surface area contributed by atoms with Crippen molar-refractivity contribution in [2.24, 2.45) is 5.92 Å². The Kier molecular flexibility index (Phi) is 10.3. The lowest BCUT2D eigenvalue weighted by molar-refractivity contribution is -0.144. The third-order valence-electron chi connectivity index (χ3n) is 5.75. The molecule has 2 atom stereocenters. The summed E-state index contributed by atoms with van der Waals surface area (Å²) >= 11 is 0. The van der Waals surface area contributed by atoms with Crippen molar-refractivity contribution in [3.63, 3.8) is 0 Å². The number of nitrogens with one attached hydrogen (secondary N) is 2. The summed E-state index contributed by atoms with van der Waals surface area (Å²) in [5, 5.41) is 13.4. The van der Waals surface area contributed by atoms with Crippen LogP contribution in [0.5, 0.6) is 5.75 Å². The number of hydrogen-bond donors (Lipinski definition) is 3. The Bertz CT molecular complexity index is 1330. The zero-order valence-electron chi connectivity index (χ0n) is 20.9. The van der Waals surface area contributed by atoms with E-state index < -0.39 is 95.8 Å². The van der Waals surface area contributed by atoms with Crippen molar-refractivity contribution in [3.8, 4) is 5.75 Å². The number of aliphatic carboxylic acids is 1. The molecule has 0 unspecified atom stereocenters. The highest BCUT2D eigenvalue weighted by atomic mass is 19.2. The summed E-state index contributed by atoms with van der Waals surface area (Å²) in [4.78, 5) is 62.8. The van der Waals surface area contributed by atoms with Crippen LogP contribution in [0.2, 0.25) is 0 Å². The summed E-state index contributed by atoms with van der Waals surface area (Å²) in [6.45, 7) is -2.25. The summed E-state index contributed by atoms with van der Waals surface area (Å²) in [5.74, 6) is -17.2. The maximum absolute atomic E-state index is 13.8. The Balaban J connectivity index is 1.67. The molecule has 0 bridgehead atoms. The molecule has 0 aromatic heterocycles. The summed E-state index contributed by atoms with van der Waals surface area (Å²) in [6.07, 6.45) is -1.02. The van der Waals surface area contributed by atoms with Crippen molar-refractivity contribution in [1.29, 1.82) is 0 Å². The van der Waals surface area contributed by atoms with Gasteiger partial charge in [-0.1, -0.05) is 12.1 Å². The Morgan fingerprint density at radius 1 is 1.02 bits per heavy atom. The molecule has 41 heavy (non-hydrogen) atoms. The van der Waals surface area contributed by atoms with E-state index in [2.05, 4.69) is 15.4 Å². The lowest BCUT2D eigenvalue weighted by Gasteiger charge is -2.24. The number of ether oxygens (including phenoxy) is 2. The first-order valence-electron chi connectivity index (χ1n) is 11.8. The molecule has 1 fully saturated rings. The topological polar surface area (TPSA) is 151 Å². The number of carboxylic acid groups (broad SMARTS) is 1. The lowest BCUT2D eigenvalue weighted by atomic mass is 10.1. The van der Waals surface area contributed by atoms with Gasteiger partial charge in [-0.05, 0) is 12.1 Å². The van der Waals surface area contributed by atoms with Crippen molar-refractivity contribution in [2.75, 3.05) is 38.2 Å². The molecular weight excluding hydrogens is 565 g/mol. The van der Waals surface area contributed by atoms with Gasteiger partial charge in [0.25, 0.3) is 0 Å². The summed E-state index contributed by atoms with van der Waals surface area (Å²) in [5.41, 5.74) is -0.260. The molecule has 2 aromatic rings. The predicted octanol–water partition coefficient (Wildman–Crippen LogP) is 1.40. The first-order chi connectivity index (χ1) is 19.4. The first-order valence-corrected chi connectivity index (χ1v) is 11.8. The van der Waals surface area contributed by atoms with Gasteiger partial charge in [-0.2, -0.15) is 8.78 Å². The summed E-state index contributed by atoms with van der Waals surface area (Å²) in [6, 6.07) is 3.16. The van der Waals surface area contributed by atoms with Crippen molar-refractivity contribution in [3.05, 3.63) is 59.4 Å². The number of carbonyl (C=O) groups excluding carboxylic acids is 4. The van der Waals surface area contributed by atoms with Crippen LogP contribution in [0.4, 0.5) is 27.6 Å². The minimum atomic E-state index is -1.94. The van der Waals surface area contributed by atoms with Crippen molar-refractivity contribution in [1.82, 2.24) is 10.2 Å². The van der Waals surface area contributed by atoms with Crippen LogP contribution in [0.15, 0.2) is 30.3 Å². The maximum Gasteiger partial charge on any atom is 0.313 e. The standard InChI is InChI=1S/C25H22F5N3O8/c26-13-3-1-2-4-16(13)31-24(38)25(39)33-5-6-40-10-12(9-33)23(37)32-17(8-19(35)36)18(34)11-41-22-20(29)14(27)7-15(28)21(22)30/h1-4,7,12,17H,5-6,8-11H2,(H,31,38)(H,32,37)(H,35,36)/t12-,17+/m1/s1. The number of Topliss-reactive ketones (excluding diaryl/α,β-unsaturated/α-hetero) is 1. The van der Waals surface area contributed by atoms with Crippen LogP contribution in [0.1, 0.15) is 6.42 Å². The van der Waals surface area contributed by atoms with Gasteiger partial charge < -0.3 is 30.1 Å². The zero-order valence-corrected chi connectivity index (χ0v) is 20.9. The SMILES string of the molecule is O=C(O)C[C@H](NC(=O)[C@H]1COCCN(C(=O)C(=O)Nc2ccccc2F)C1)C(=O)COc1c(F)c(F)cc(F)c1F. The molecule has 3 amide bonds. The number of ketones is 1. The molecule has 1 saturated heterocycles. The van der Waals surface area contributed by atoms with E-state index in [9.17, 15) is 45.9 Å². The number of nitrogens with zero attached hydrogens (tertiary/aromatic N) is 1. The van der Waals surface area contributed by atoms with Gasteiger partial charge >= 0.3 is 17.8 Å². The fourth-order valence-corrected chi connectivity index (χ4v) is 3.67. The minimum absolute atomic E-state index is 0.0841. The van der Waals surface area contributed by atoms with Gasteiger partial charge in [0, 0.05) is 19.2 Å². The Hall–Kier alpha value is -4.60. The van der Waals surface area contributed by atoms with Gasteiger partial charge in [-0.25, -0.2) is 13.2 Å². The fourth-order valence-electron chi connectivity index (χ4n) is 3.67. The van der Waals surface area contributed by atoms with E-state index in [0.29, 0.717) is 0 Å². The monoisotopic (exact) mass is 587 g/mol. The van der Waals surface area contributed by atoms with Crippen LogP contribution in [-0.2, 0) is 28.7 Å². The molecule has 3 rings (SSSR count). The van der Waals surface area contributed by atoms with Crippen LogP contribution >= 0.6 is 0 Å². The number of hydrogen-bond acceptors (Lipinski definition) is 7. The van der Waals surface area contributed by atoms with Crippen LogP contribution < -0.4 is 15.4 Å². The van der Waals surface area contributed by atoms with E-state index in [1.165, 1.54) is 18.2 Å². The third-order valence-corrected chi connectivity index (χ3v) is 5.75. The number of carboxylic acids is 1. The molecule has 2 aromatic carbocycles. The van der Waals surface area contributed by atoms with Gasteiger partial charge in [0.2, 0.25) is 17.5 Å². The summed E-state index contributed by atoms with van der Waals surface area (Å²) in [7, 11) is 0. The zero-order chi connectivity index (χ0) is 30.3. The van der Waals surface area contributed by atoms with E-state index in [-0.39, 0.29) is 31.5 Å². The lowest BCUT2D eigenvalue weighted by Crippen LogP contribution is -2.50. The molecule has 0 saturated carbocycles. The van der Waals surface area contributed by atoms with Gasteiger partial charge in [0.05, 0.1) is 31.2 Å². The van der Waals surface area contributed by atoms with Crippen molar-refractivity contribution < 1.29 is 60.5 Å². The van der Waals surface area contributed by atoms with E-state index >= 15 is 0 Å². The molecule has 11 nitrogen and oxygen atoms in total. The molecule has 1 aliphatic heterocycles. The smallest absolute Gasteiger partial charge is 0.313 e. The number of anilines is 1. The molecule has 1 aliphatic rings. The quantitative estimate of drug-likeness (QED) is 0.226. The van der Waals surface area contributed by atoms with E-state index in [4.69, 9.17) is 9.84 Å². The fraction of sp³-hybridized carbons (Fsp3) is 0.320. The molecule has 0 aliphatic carbocycles. The second kappa shape index (κ2) is 13.6. The molecule has 0 radical (unpaired) electrons. The Morgan fingerprint density at radius 2 is 1.68 bits per heavy atom. The Morgan fingerprint density at radius 3 is 2.32 bits per heavy atom. The molecule has 16 heteroatoms. The summed E-state index contributed by atoms with van der Waals surface area (Å²) < 4.78 is 78.1. The Labute approximate surface area is 228 Å². The van der Waals surface area contributed by atoms with Gasteiger partial charge in [-0.3, -0.25) is 24.0 Å². The second-order valence-corrected chi connectivity index (χ2v) is 8.67. The van der Waals surface area contributed by atoms with Crippen molar-refractivity contribution >= 4 is 35.2 Å². The first kappa shape index (κ1) is 30.9. The molecule has 220 valence electrons. The van der Waals surface area contributed by atoms with Crippen LogP contribution in [-0.4, -0.2) is 78.4 Å². The van der Waals surface area contributed by atoms with E-state index in [0.717, 1.165) is 11.0 Å². The molecule has 0 spiro atoms. The van der Waals surface area contributed by atoms with E-state index in [1.807, 2.05) is 0 Å². The normalized spacial score (nSPS) is 15.8.